The Hall–Kier alpha value is -6.62. The zero-order valence-electron chi connectivity index (χ0n) is 42.7. The van der Waals surface area contributed by atoms with Crippen molar-refractivity contribution in [2.45, 2.75) is 109 Å². The number of anilines is 2. The van der Waals surface area contributed by atoms with E-state index in [2.05, 4.69) is 79.3 Å². The van der Waals surface area contributed by atoms with Crippen LogP contribution in [0.25, 0.3) is 0 Å². The van der Waals surface area contributed by atoms with Crippen molar-refractivity contribution < 1.29 is 52.7 Å². The molecule has 72 heavy (non-hydrogen) atoms. The smallest absolute Gasteiger partial charge is 0.320 e. The van der Waals surface area contributed by atoms with Gasteiger partial charge >= 0.3 is 11.9 Å². The van der Waals surface area contributed by atoms with Gasteiger partial charge in [0.1, 0.15) is 67.8 Å². The van der Waals surface area contributed by atoms with E-state index in [0.717, 1.165) is 33.6 Å². The molecular formula is C57H72N4O11. The maximum absolute atomic E-state index is 12.3. The van der Waals surface area contributed by atoms with Crippen molar-refractivity contribution in [1.29, 1.82) is 0 Å². The Kier molecular flexibility index (Phi) is 18.7. The zero-order chi connectivity index (χ0) is 51.9. The lowest BCUT2D eigenvalue weighted by Gasteiger charge is -2.34. The van der Waals surface area contributed by atoms with Crippen LogP contribution in [0.2, 0.25) is 0 Å². The van der Waals surface area contributed by atoms with Gasteiger partial charge in [-0.1, -0.05) is 76.2 Å². The number of nitrogens with one attached hydrogen (secondary N) is 4. The summed E-state index contributed by atoms with van der Waals surface area (Å²) < 4.78 is 33.3. The van der Waals surface area contributed by atoms with Crippen molar-refractivity contribution in [3.8, 4) is 11.5 Å². The Morgan fingerprint density at radius 2 is 0.903 bits per heavy atom. The topological polar surface area (TPSA) is 206 Å². The van der Waals surface area contributed by atoms with E-state index in [1.54, 1.807) is 30.7 Å². The Balaban J connectivity index is 0.984. The van der Waals surface area contributed by atoms with Crippen molar-refractivity contribution >= 4 is 23.3 Å². The normalized spacial score (nSPS) is 13.4. The largest absolute Gasteiger partial charge is 0.491 e. The molecule has 0 aliphatic carbocycles. The molecular weight excluding hydrogens is 917 g/mol. The number of benzene rings is 4. The van der Waals surface area contributed by atoms with Gasteiger partial charge < -0.3 is 53.7 Å². The third-order valence-electron chi connectivity index (χ3n) is 12.9. The molecule has 2 aromatic heterocycles. The highest BCUT2D eigenvalue weighted by atomic mass is 16.6. The molecule has 0 bridgehead atoms. The fourth-order valence-corrected chi connectivity index (χ4v) is 7.86. The SMILES string of the molecule is CC(C)(c1cccc(NC(C)(C)C(O)COc2cccc(C(C)(C)c3cccc(NC(C)(C)C(O)COC(=O)CNCc4ccco4)c3)c2)c1)c1cccc(OCC(O)COC(=O)CNCc2ccco2)c1. The number of esters is 2. The van der Waals surface area contributed by atoms with E-state index in [-0.39, 0.29) is 39.5 Å². The third-order valence-corrected chi connectivity index (χ3v) is 12.9. The molecule has 6 rings (SSSR count). The molecule has 3 atom stereocenters. The van der Waals surface area contributed by atoms with Crippen LogP contribution in [-0.4, -0.2) is 96.2 Å². The first-order valence-corrected chi connectivity index (χ1v) is 24.3. The number of hydrogen-bond donors (Lipinski definition) is 7. The van der Waals surface area contributed by atoms with Gasteiger partial charge in [0.25, 0.3) is 0 Å². The van der Waals surface area contributed by atoms with Crippen LogP contribution in [0.1, 0.15) is 89.2 Å². The summed E-state index contributed by atoms with van der Waals surface area (Å²) in [4.78, 5) is 24.5. The molecule has 0 saturated heterocycles. The number of furan rings is 2. The molecule has 0 amide bonds. The average molecular weight is 989 g/mol. The van der Waals surface area contributed by atoms with Crippen LogP contribution >= 0.6 is 0 Å². The second-order valence-corrected chi connectivity index (χ2v) is 20.2. The minimum atomic E-state index is -1.01. The second-order valence-electron chi connectivity index (χ2n) is 20.2. The van der Waals surface area contributed by atoms with Gasteiger partial charge in [0.05, 0.1) is 49.8 Å². The molecule has 386 valence electrons. The zero-order valence-corrected chi connectivity index (χ0v) is 42.7. The number of carbonyl (C=O) groups excluding carboxylic acids is 2. The molecule has 15 nitrogen and oxygen atoms in total. The van der Waals surface area contributed by atoms with Gasteiger partial charge in [-0.15, -0.1) is 0 Å². The van der Waals surface area contributed by atoms with Crippen molar-refractivity contribution in [2.24, 2.45) is 0 Å². The van der Waals surface area contributed by atoms with Gasteiger partial charge in [-0.05, 0) is 123 Å². The van der Waals surface area contributed by atoms with Crippen LogP contribution in [0.4, 0.5) is 11.4 Å². The van der Waals surface area contributed by atoms with Gasteiger partial charge in [0, 0.05) is 22.2 Å². The second kappa shape index (κ2) is 24.7. The first-order valence-electron chi connectivity index (χ1n) is 24.3. The van der Waals surface area contributed by atoms with Gasteiger partial charge in [-0.3, -0.25) is 20.2 Å². The summed E-state index contributed by atoms with van der Waals surface area (Å²) >= 11 is 0. The van der Waals surface area contributed by atoms with Crippen LogP contribution < -0.4 is 30.7 Å². The minimum absolute atomic E-state index is 0.0139. The fraction of sp³-hybridized carbons (Fsp3) is 0.404. The summed E-state index contributed by atoms with van der Waals surface area (Å²) in [5.74, 6) is 1.64. The molecule has 3 unspecified atom stereocenters. The number of carbonyl (C=O) groups is 2. The first-order chi connectivity index (χ1) is 34.2. The number of hydrogen-bond acceptors (Lipinski definition) is 15. The molecule has 0 saturated carbocycles. The molecule has 7 N–H and O–H groups in total. The third kappa shape index (κ3) is 15.7. The van der Waals surface area contributed by atoms with E-state index in [1.807, 2.05) is 100 Å². The van der Waals surface area contributed by atoms with Crippen LogP contribution in [0.3, 0.4) is 0 Å². The highest BCUT2D eigenvalue weighted by molar-refractivity contribution is 5.72. The van der Waals surface area contributed by atoms with E-state index in [4.69, 9.17) is 27.8 Å². The van der Waals surface area contributed by atoms with E-state index in [1.165, 1.54) is 0 Å². The Morgan fingerprint density at radius 1 is 0.500 bits per heavy atom. The number of aliphatic hydroxyl groups is 3. The van der Waals surface area contributed by atoms with Crippen molar-refractivity contribution in [3.05, 3.63) is 168 Å². The molecule has 0 aliphatic rings. The number of ether oxygens (including phenoxy) is 4. The molecule has 6 aromatic rings. The van der Waals surface area contributed by atoms with Crippen LogP contribution in [-0.2, 0) is 43.0 Å². The molecule has 0 radical (unpaired) electrons. The van der Waals surface area contributed by atoms with Gasteiger partial charge in [0.15, 0.2) is 0 Å². The van der Waals surface area contributed by atoms with E-state index in [0.29, 0.717) is 36.1 Å². The summed E-state index contributed by atoms with van der Waals surface area (Å²) in [6, 6.07) is 38.8. The fourth-order valence-electron chi connectivity index (χ4n) is 7.86. The summed E-state index contributed by atoms with van der Waals surface area (Å²) in [5, 5.41) is 45.9. The van der Waals surface area contributed by atoms with E-state index in [9.17, 15) is 24.9 Å². The summed E-state index contributed by atoms with van der Waals surface area (Å²) in [6.07, 6.45) is 0.237. The van der Waals surface area contributed by atoms with Crippen LogP contribution in [0.5, 0.6) is 11.5 Å². The maximum Gasteiger partial charge on any atom is 0.320 e. The van der Waals surface area contributed by atoms with Crippen molar-refractivity contribution in [2.75, 3.05) is 50.2 Å². The first kappa shape index (κ1) is 54.7. The van der Waals surface area contributed by atoms with E-state index < -0.39 is 52.2 Å². The Labute approximate surface area is 423 Å². The van der Waals surface area contributed by atoms with Crippen LogP contribution in [0, 0.1) is 0 Å². The highest BCUT2D eigenvalue weighted by Crippen LogP contribution is 2.37. The quantitative estimate of drug-likeness (QED) is 0.0232. The standard InChI is InChI=1S/C57H72N4O11/c1-54(2,41-17-11-21-46(29-41)69-35-45(62)36-71-52(65)33-58-31-48-23-13-25-67-48)39-15-9-19-43(27-39)60-56(5,6)50(63)37-70-47-22-12-18-42(30-47)55(3,4)40-16-10-20-44(28-40)61-57(7,8)51(64)38-72-53(66)34-59-32-49-24-14-26-68-49/h9-30,45,50-51,58-64H,31-38H2,1-8H3. The molecule has 0 fully saturated rings. The lowest BCUT2D eigenvalue weighted by atomic mass is 9.78. The van der Waals surface area contributed by atoms with Crippen molar-refractivity contribution in [3.63, 3.8) is 0 Å². The van der Waals surface area contributed by atoms with Gasteiger partial charge in [0.2, 0.25) is 0 Å². The number of rotatable bonds is 28. The predicted octanol–water partition coefficient (Wildman–Crippen LogP) is 8.11. The van der Waals surface area contributed by atoms with Gasteiger partial charge in [-0.25, -0.2) is 0 Å². The molecule has 2 heterocycles. The van der Waals surface area contributed by atoms with Gasteiger partial charge in [-0.2, -0.15) is 0 Å². The number of aliphatic hydroxyl groups excluding tert-OH is 3. The monoisotopic (exact) mass is 989 g/mol. The summed E-state index contributed by atoms with van der Waals surface area (Å²) in [6.45, 7) is 16.5. The minimum Gasteiger partial charge on any atom is -0.491 e. The summed E-state index contributed by atoms with van der Waals surface area (Å²) in [5.41, 5.74) is 3.17. The Bertz CT molecular complexity index is 2630. The lowest BCUT2D eigenvalue weighted by molar-refractivity contribution is -0.147. The lowest BCUT2D eigenvalue weighted by Crippen LogP contribution is -2.47. The maximum atomic E-state index is 12.3. The molecule has 4 aromatic carbocycles. The molecule has 15 heteroatoms. The predicted molar refractivity (Wildman–Crippen MR) is 277 cm³/mol. The van der Waals surface area contributed by atoms with Crippen molar-refractivity contribution in [1.82, 2.24) is 10.6 Å². The molecule has 0 aliphatic heterocycles. The highest BCUT2D eigenvalue weighted by Gasteiger charge is 2.32. The Morgan fingerprint density at radius 3 is 1.35 bits per heavy atom. The average Bonchev–Trinajstić information content (AvgIpc) is 4.09. The molecule has 0 spiro atoms. The van der Waals surface area contributed by atoms with Crippen LogP contribution in [0.15, 0.2) is 143 Å². The summed E-state index contributed by atoms with van der Waals surface area (Å²) in [7, 11) is 0. The van der Waals surface area contributed by atoms with E-state index >= 15 is 0 Å².